The molecule has 3 amide bonds. The van der Waals surface area contributed by atoms with Crippen LogP contribution in [0.15, 0.2) is 36.4 Å². The lowest BCUT2D eigenvalue weighted by atomic mass is 10.1. The molecular formula is C23H24ClN3O4. The summed E-state index contributed by atoms with van der Waals surface area (Å²) in [4.78, 5) is 40.8. The average molecular weight is 442 g/mol. The van der Waals surface area contributed by atoms with Crippen LogP contribution in [0.5, 0.6) is 5.75 Å². The van der Waals surface area contributed by atoms with Crippen molar-refractivity contribution in [1.82, 2.24) is 0 Å². The first-order chi connectivity index (χ1) is 14.9. The van der Waals surface area contributed by atoms with Gasteiger partial charge in [-0.3, -0.25) is 14.4 Å². The molecule has 2 fully saturated rings. The van der Waals surface area contributed by atoms with E-state index in [0.29, 0.717) is 28.6 Å². The zero-order valence-electron chi connectivity index (χ0n) is 17.5. The number of benzene rings is 2. The molecule has 2 aromatic rings. The Kier molecular flexibility index (Phi) is 5.87. The average Bonchev–Trinajstić information content (AvgIpc) is 3.33. The van der Waals surface area contributed by atoms with E-state index < -0.39 is 5.92 Å². The van der Waals surface area contributed by atoms with E-state index in [-0.39, 0.29) is 30.7 Å². The summed E-state index contributed by atoms with van der Waals surface area (Å²) >= 11 is 6.09. The number of nitrogens with one attached hydrogen (secondary N) is 1. The Morgan fingerprint density at radius 3 is 2.58 bits per heavy atom. The minimum atomic E-state index is -0.490. The molecule has 1 N–H and O–H groups in total. The lowest BCUT2D eigenvalue weighted by molar-refractivity contribution is -0.122. The highest BCUT2D eigenvalue weighted by Crippen LogP contribution is 2.35. The molecule has 2 aliphatic rings. The first-order valence-electron chi connectivity index (χ1n) is 10.2. The van der Waals surface area contributed by atoms with Crippen molar-refractivity contribution in [2.45, 2.75) is 26.2 Å². The fraction of sp³-hybridized carbons (Fsp3) is 0.348. The summed E-state index contributed by atoms with van der Waals surface area (Å²) in [5.41, 5.74) is 2.99. The maximum absolute atomic E-state index is 12.9. The number of methoxy groups -OCH3 is 1. The summed E-state index contributed by atoms with van der Waals surface area (Å²) < 4.78 is 5.35. The summed E-state index contributed by atoms with van der Waals surface area (Å²) in [5.74, 6) is -0.209. The van der Waals surface area contributed by atoms with Gasteiger partial charge in [-0.15, -0.1) is 0 Å². The lowest BCUT2D eigenvalue weighted by Gasteiger charge is -2.20. The number of aryl methyl sites for hydroxylation is 1. The maximum Gasteiger partial charge on any atom is 0.229 e. The Bertz CT molecular complexity index is 1060. The Morgan fingerprint density at radius 2 is 1.90 bits per heavy atom. The van der Waals surface area contributed by atoms with E-state index in [0.717, 1.165) is 24.2 Å². The number of halogens is 1. The van der Waals surface area contributed by atoms with E-state index >= 15 is 0 Å². The minimum Gasteiger partial charge on any atom is -0.495 e. The van der Waals surface area contributed by atoms with Gasteiger partial charge in [0.25, 0.3) is 0 Å². The van der Waals surface area contributed by atoms with Crippen molar-refractivity contribution in [1.29, 1.82) is 0 Å². The number of hydrogen-bond acceptors (Lipinski definition) is 4. The molecule has 0 bridgehead atoms. The predicted molar refractivity (Wildman–Crippen MR) is 120 cm³/mol. The molecule has 0 aliphatic carbocycles. The van der Waals surface area contributed by atoms with Crippen molar-refractivity contribution in [3.05, 3.63) is 47.0 Å². The van der Waals surface area contributed by atoms with E-state index in [1.807, 2.05) is 19.1 Å². The quantitative estimate of drug-likeness (QED) is 0.765. The van der Waals surface area contributed by atoms with E-state index in [1.54, 1.807) is 34.1 Å². The Hall–Kier alpha value is -3.06. The summed E-state index contributed by atoms with van der Waals surface area (Å²) in [7, 11) is 1.53. The van der Waals surface area contributed by atoms with Gasteiger partial charge in [-0.2, -0.15) is 0 Å². The predicted octanol–water partition coefficient (Wildman–Crippen LogP) is 3.78. The van der Waals surface area contributed by atoms with Crippen molar-refractivity contribution >= 4 is 46.4 Å². The molecule has 2 heterocycles. The molecule has 0 aromatic heterocycles. The molecule has 8 heteroatoms. The highest BCUT2D eigenvalue weighted by Gasteiger charge is 2.36. The summed E-state index contributed by atoms with van der Waals surface area (Å²) in [6.07, 6.45) is 1.54. The van der Waals surface area contributed by atoms with Crippen LogP contribution >= 0.6 is 11.6 Å². The van der Waals surface area contributed by atoms with E-state index in [9.17, 15) is 14.4 Å². The zero-order valence-corrected chi connectivity index (χ0v) is 18.2. The second-order valence-electron chi connectivity index (χ2n) is 7.86. The molecular weight excluding hydrogens is 418 g/mol. The van der Waals surface area contributed by atoms with E-state index in [1.165, 1.54) is 7.11 Å². The minimum absolute atomic E-state index is 0.112. The number of carbonyl (C=O) groups excluding carboxylic acids is 3. The fourth-order valence-electron chi connectivity index (χ4n) is 4.17. The molecule has 0 radical (unpaired) electrons. The van der Waals surface area contributed by atoms with Crippen LogP contribution in [0.25, 0.3) is 0 Å². The molecule has 2 aromatic carbocycles. The molecule has 2 saturated heterocycles. The second-order valence-corrected chi connectivity index (χ2v) is 8.30. The lowest BCUT2D eigenvalue weighted by Crippen LogP contribution is -2.28. The van der Waals surface area contributed by atoms with Gasteiger partial charge in [0.2, 0.25) is 17.7 Å². The van der Waals surface area contributed by atoms with Gasteiger partial charge < -0.3 is 19.9 Å². The maximum atomic E-state index is 12.9. The molecule has 162 valence electrons. The molecule has 31 heavy (non-hydrogen) atoms. The summed E-state index contributed by atoms with van der Waals surface area (Å²) in [6, 6.07) is 10.6. The van der Waals surface area contributed by atoms with Crippen LogP contribution in [0, 0.1) is 12.8 Å². The van der Waals surface area contributed by atoms with Crippen molar-refractivity contribution in [3.8, 4) is 5.75 Å². The largest absolute Gasteiger partial charge is 0.495 e. The van der Waals surface area contributed by atoms with Crippen molar-refractivity contribution in [2.24, 2.45) is 5.92 Å². The first kappa shape index (κ1) is 21.2. The number of nitrogens with zero attached hydrogens (tertiary/aromatic N) is 2. The van der Waals surface area contributed by atoms with Crippen molar-refractivity contribution in [2.75, 3.05) is 35.3 Å². The van der Waals surface area contributed by atoms with E-state index in [2.05, 4.69) is 5.32 Å². The molecule has 0 unspecified atom stereocenters. The molecule has 7 nitrogen and oxygen atoms in total. The van der Waals surface area contributed by atoms with Crippen LogP contribution in [0.4, 0.5) is 17.1 Å². The Balaban J connectivity index is 1.46. The van der Waals surface area contributed by atoms with Gasteiger partial charge in [0.1, 0.15) is 5.75 Å². The summed E-state index contributed by atoms with van der Waals surface area (Å²) in [6.45, 7) is 2.89. The van der Waals surface area contributed by atoms with Gasteiger partial charge >= 0.3 is 0 Å². The van der Waals surface area contributed by atoms with Gasteiger partial charge in [-0.25, -0.2) is 0 Å². The third-order valence-corrected chi connectivity index (χ3v) is 5.99. The molecule has 0 spiro atoms. The van der Waals surface area contributed by atoms with Crippen LogP contribution in [0.2, 0.25) is 5.02 Å². The van der Waals surface area contributed by atoms with Crippen LogP contribution in [0.1, 0.15) is 24.8 Å². The number of carbonyl (C=O) groups is 3. The third kappa shape index (κ3) is 4.23. The SMILES string of the molecule is COc1ccc(Cl)cc1N1C[C@@H](C(=O)Nc2ccc(N3CCCC3=O)c(C)c2)CC1=O. The third-order valence-electron chi connectivity index (χ3n) is 5.76. The normalized spacial score (nSPS) is 18.6. The summed E-state index contributed by atoms with van der Waals surface area (Å²) in [5, 5.41) is 3.40. The number of ether oxygens (including phenoxy) is 1. The smallest absolute Gasteiger partial charge is 0.229 e. The van der Waals surface area contributed by atoms with Crippen LogP contribution < -0.4 is 19.9 Å². The van der Waals surface area contributed by atoms with Gasteiger partial charge in [-0.1, -0.05) is 11.6 Å². The number of anilines is 3. The van der Waals surface area contributed by atoms with Crippen molar-refractivity contribution in [3.63, 3.8) is 0 Å². The van der Waals surface area contributed by atoms with Gasteiger partial charge in [0.05, 0.1) is 18.7 Å². The van der Waals surface area contributed by atoms with Gasteiger partial charge in [-0.05, 0) is 55.3 Å². The molecule has 4 rings (SSSR count). The van der Waals surface area contributed by atoms with Crippen LogP contribution in [-0.2, 0) is 14.4 Å². The zero-order chi connectivity index (χ0) is 22.1. The number of rotatable bonds is 5. The Labute approximate surface area is 185 Å². The first-order valence-corrected chi connectivity index (χ1v) is 10.6. The van der Waals surface area contributed by atoms with Crippen LogP contribution in [-0.4, -0.2) is 37.9 Å². The number of hydrogen-bond donors (Lipinski definition) is 1. The Morgan fingerprint density at radius 1 is 1.10 bits per heavy atom. The highest BCUT2D eigenvalue weighted by molar-refractivity contribution is 6.31. The molecule has 1 atom stereocenters. The van der Waals surface area contributed by atoms with E-state index in [4.69, 9.17) is 16.3 Å². The number of amides is 3. The molecule has 2 aliphatic heterocycles. The van der Waals surface area contributed by atoms with Crippen molar-refractivity contribution < 1.29 is 19.1 Å². The fourth-order valence-corrected chi connectivity index (χ4v) is 4.34. The monoisotopic (exact) mass is 441 g/mol. The molecule has 0 saturated carbocycles. The standard InChI is InChI=1S/C23H24ClN3O4/c1-14-10-17(6-7-18(14)26-9-3-4-21(26)28)25-23(30)15-11-22(29)27(13-15)19-12-16(24)5-8-20(19)31-2/h5-8,10,12,15H,3-4,9,11,13H2,1-2H3,(H,25,30)/t15-/m0/s1. The topological polar surface area (TPSA) is 79.0 Å². The second kappa shape index (κ2) is 8.59. The van der Waals surface area contributed by atoms with Gasteiger partial charge in [0.15, 0.2) is 0 Å². The van der Waals surface area contributed by atoms with Gasteiger partial charge in [0, 0.05) is 42.3 Å². The van der Waals surface area contributed by atoms with Crippen LogP contribution in [0.3, 0.4) is 0 Å². The highest BCUT2D eigenvalue weighted by atomic mass is 35.5.